The zero-order valence-corrected chi connectivity index (χ0v) is 20.5. The normalized spacial score (nSPS) is 14.7. The molecule has 1 aliphatic heterocycles. The fourth-order valence-electron chi connectivity index (χ4n) is 4.38. The summed E-state index contributed by atoms with van der Waals surface area (Å²) in [6.07, 6.45) is 4.31. The van der Waals surface area contributed by atoms with Gasteiger partial charge in [-0.1, -0.05) is 19.9 Å². The van der Waals surface area contributed by atoms with Crippen molar-refractivity contribution in [2.24, 2.45) is 13.0 Å². The molecule has 1 aromatic carbocycles. The third-order valence-corrected chi connectivity index (χ3v) is 6.33. The molecule has 0 aliphatic carbocycles. The maximum atomic E-state index is 13.4. The molecule has 3 aromatic heterocycles. The maximum absolute atomic E-state index is 13.4. The third kappa shape index (κ3) is 4.81. The Morgan fingerprint density at radius 3 is 2.71 bits per heavy atom. The quantitative estimate of drug-likeness (QED) is 0.444. The van der Waals surface area contributed by atoms with Gasteiger partial charge in [-0.3, -0.25) is 9.36 Å². The molecule has 0 atom stereocenters. The lowest BCUT2D eigenvalue weighted by Crippen LogP contribution is -2.29. The number of rotatable bonds is 6. The van der Waals surface area contributed by atoms with Crippen LogP contribution in [0.15, 0.2) is 39.7 Å². The molecule has 4 heterocycles. The molecule has 0 amide bonds. The number of hydrogen-bond acceptors (Lipinski definition) is 8. The first-order valence-electron chi connectivity index (χ1n) is 12.0. The molecule has 5 rings (SSSR count). The molecule has 9 nitrogen and oxygen atoms in total. The number of pyridine rings is 1. The largest absolute Gasteiger partial charge is 0.421 e. The van der Waals surface area contributed by atoms with E-state index < -0.39 is 0 Å². The van der Waals surface area contributed by atoms with E-state index in [2.05, 4.69) is 39.3 Å². The Kier molecular flexibility index (Phi) is 6.34. The second-order valence-electron chi connectivity index (χ2n) is 9.55. The molecule has 0 bridgehead atoms. The third-order valence-electron chi connectivity index (χ3n) is 6.33. The molecule has 4 aromatic rings. The molecule has 0 spiro atoms. The summed E-state index contributed by atoms with van der Waals surface area (Å²) < 4.78 is 12.9. The predicted octanol–water partition coefficient (Wildman–Crippen LogP) is 4.14. The summed E-state index contributed by atoms with van der Waals surface area (Å²) in [5.74, 6) is 2.01. The molecule has 1 fully saturated rings. The van der Waals surface area contributed by atoms with Gasteiger partial charge in [-0.05, 0) is 55.0 Å². The van der Waals surface area contributed by atoms with Gasteiger partial charge in [0.05, 0.1) is 0 Å². The van der Waals surface area contributed by atoms with E-state index in [1.54, 1.807) is 17.8 Å². The summed E-state index contributed by atoms with van der Waals surface area (Å²) in [4.78, 5) is 22.6. The highest BCUT2D eigenvalue weighted by molar-refractivity contribution is 5.83. The Bertz CT molecular complexity index is 1420. The van der Waals surface area contributed by atoms with Crippen LogP contribution in [0, 0.1) is 12.8 Å². The van der Waals surface area contributed by atoms with Crippen LogP contribution in [0.4, 0.5) is 5.95 Å². The van der Waals surface area contributed by atoms with Gasteiger partial charge in [0, 0.05) is 55.4 Å². The molecule has 1 N–H and O–H groups in total. The first-order chi connectivity index (χ1) is 16.9. The van der Waals surface area contributed by atoms with Gasteiger partial charge in [0.1, 0.15) is 5.65 Å². The SMILES string of the molecule is Cc1ccc(-c2nnc(CC(C)C)o2)cc1-c1cc2cnc(NC3CCOCC3)nc2n(C)c1=O. The van der Waals surface area contributed by atoms with Crippen LogP contribution in [-0.2, 0) is 18.2 Å². The maximum Gasteiger partial charge on any atom is 0.259 e. The molecule has 182 valence electrons. The van der Waals surface area contributed by atoms with Crippen LogP contribution < -0.4 is 10.9 Å². The zero-order valence-electron chi connectivity index (χ0n) is 20.5. The van der Waals surface area contributed by atoms with Crippen molar-refractivity contribution < 1.29 is 9.15 Å². The Balaban J connectivity index is 1.51. The number of nitrogens with one attached hydrogen (secondary N) is 1. The number of hydrogen-bond donors (Lipinski definition) is 1. The van der Waals surface area contributed by atoms with Crippen molar-refractivity contribution >= 4 is 17.0 Å². The Hall–Kier alpha value is -3.59. The van der Waals surface area contributed by atoms with Gasteiger partial charge in [0.15, 0.2) is 0 Å². The van der Waals surface area contributed by atoms with Crippen molar-refractivity contribution in [1.82, 2.24) is 24.7 Å². The van der Waals surface area contributed by atoms with Gasteiger partial charge in [0.25, 0.3) is 5.56 Å². The second kappa shape index (κ2) is 9.58. The number of fused-ring (bicyclic) bond motifs is 1. The molecule has 0 radical (unpaired) electrons. The minimum atomic E-state index is -0.125. The van der Waals surface area contributed by atoms with Crippen molar-refractivity contribution in [2.75, 3.05) is 18.5 Å². The van der Waals surface area contributed by atoms with E-state index in [9.17, 15) is 4.79 Å². The molecule has 0 saturated carbocycles. The van der Waals surface area contributed by atoms with Gasteiger partial charge in [0.2, 0.25) is 17.7 Å². The number of aryl methyl sites for hydroxylation is 2. The Morgan fingerprint density at radius 1 is 1.14 bits per heavy atom. The first-order valence-corrected chi connectivity index (χ1v) is 12.0. The molecule has 0 unspecified atom stereocenters. The van der Waals surface area contributed by atoms with E-state index in [0.717, 1.165) is 54.6 Å². The lowest BCUT2D eigenvalue weighted by Gasteiger charge is -2.23. The van der Waals surface area contributed by atoms with E-state index in [-0.39, 0.29) is 11.6 Å². The van der Waals surface area contributed by atoms with Crippen LogP contribution in [0.3, 0.4) is 0 Å². The lowest BCUT2D eigenvalue weighted by molar-refractivity contribution is 0.0903. The fraction of sp³-hybridized carbons (Fsp3) is 0.423. The molecular weight excluding hydrogens is 444 g/mol. The van der Waals surface area contributed by atoms with Crippen LogP contribution in [0.5, 0.6) is 0 Å². The number of nitrogens with zero attached hydrogens (tertiary/aromatic N) is 5. The molecule has 1 saturated heterocycles. The summed E-state index contributed by atoms with van der Waals surface area (Å²) in [6, 6.07) is 7.98. The van der Waals surface area contributed by atoms with Crippen molar-refractivity contribution in [2.45, 2.75) is 46.1 Å². The van der Waals surface area contributed by atoms with Crippen LogP contribution >= 0.6 is 0 Å². The monoisotopic (exact) mass is 474 g/mol. The summed E-state index contributed by atoms with van der Waals surface area (Å²) in [5.41, 5.74) is 3.62. The Morgan fingerprint density at radius 2 is 1.94 bits per heavy atom. The second-order valence-corrected chi connectivity index (χ2v) is 9.55. The highest BCUT2D eigenvalue weighted by atomic mass is 16.5. The van der Waals surface area contributed by atoms with E-state index in [1.165, 1.54) is 0 Å². The van der Waals surface area contributed by atoms with Crippen molar-refractivity contribution in [3.8, 4) is 22.6 Å². The average molecular weight is 475 g/mol. The number of anilines is 1. The average Bonchev–Trinajstić information content (AvgIpc) is 3.30. The van der Waals surface area contributed by atoms with Crippen molar-refractivity contribution in [3.05, 3.63) is 52.3 Å². The van der Waals surface area contributed by atoms with Gasteiger partial charge < -0.3 is 14.5 Å². The van der Waals surface area contributed by atoms with Crippen LogP contribution in [0.1, 0.15) is 38.1 Å². The summed E-state index contributed by atoms with van der Waals surface area (Å²) >= 11 is 0. The highest BCUT2D eigenvalue weighted by Gasteiger charge is 2.18. The van der Waals surface area contributed by atoms with Crippen LogP contribution in [0.2, 0.25) is 0 Å². The van der Waals surface area contributed by atoms with Gasteiger partial charge >= 0.3 is 0 Å². The Labute approximate surface area is 203 Å². The molecule has 35 heavy (non-hydrogen) atoms. The highest BCUT2D eigenvalue weighted by Crippen LogP contribution is 2.29. The van der Waals surface area contributed by atoms with Gasteiger partial charge in [-0.15, -0.1) is 10.2 Å². The van der Waals surface area contributed by atoms with Crippen molar-refractivity contribution in [1.29, 1.82) is 0 Å². The fourth-order valence-corrected chi connectivity index (χ4v) is 4.38. The lowest BCUT2D eigenvalue weighted by atomic mass is 9.98. The standard InChI is InChI=1S/C26H30N6O3/c1-15(2)11-22-30-31-24(35-22)17-6-5-16(3)20(12-17)21-13-18-14-27-26(28-19-7-9-34-10-8-19)29-23(18)32(4)25(21)33/h5-6,12-15,19H,7-11H2,1-4H3,(H,27,28,29). The van der Waals surface area contributed by atoms with Crippen LogP contribution in [-0.4, -0.2) is 44.0 Å². The molecule has 9 heteroatoms. The molecular formula is C26H30N6O3. The van der Waals surface area contributed by atoms with E-state index in [0.29, 0.717) is 34.9 Å². The summed E-state index contributed by atoms with van der Waals surface area (Å²) in [7, 11) is 1.74. The minimum absolute atomic E-state index is 0.125. The van der Waals surface area contributed by atoms with E-state index in [4.69, 9.17) is 9.15 Å². The first kappa shape index (κ1) is 23.2. The molecule has 1 aliphatic rings. The summed E-state index contributed by atoms with van der Waals surface area (Å²) in [6.45, 7) is 7.66. The number of benzene rings is 1. The number of ether oxygens (including phenoxy) is 1. The zero-order chi connectivity index (χ0) is 24.5. The van der Waals surface area contributed by atoms with Crippen molar-refractivity contribution in [3.63, 3.8) is 0 Å². The smallest absolute Gasteiger partial charge is 0.259 e. The topological polar surface area (TPSA) is 108 Å². The number of aromatic nitrogens is 5. The summed E-state index contributed by atoms with van der Waals surface area (Å²) in [5, 5.41) is 12.6. The van der Waals surface area contributed by atoms with Gasteiger partial charge in [-0.25, -0.2) is 4.98 Å². The predicted molar refractivity (Wildman–Crippen MR) is 134 cm³/mol. The van der Waals surface area contributed by atoms with E-state index >= 15 is 0 Å². The van der Waals surface area contributed by atoms with Gasteiger partial charge in [-0.2, -0.15) is 4.98 Å². The van der Waals surface area contributed by atoms with E-state index in [1.807, 2.05) is 31.2 Å². The van der Waals surface area contributed by atoms with Crippen LogP contribution in [0.25, 0.3) is 33.6 Å². The minimum Gasteiger partial charge on any atom is -0.421 e.